The van der Waals surface area contributed by atoms with Crippen LogP contribution in [0, 0.1) is 11.8 Å². The van der Waals surface area contributed by atoms with Crippen molar-refractivity contribution in [2.24, 2.45) is 11.8 Å². The topological polar surface area (TPSA) is 16.4 Å². The zero-order valence-corrected chi connectivity index (χ0v) is 38.4. The number of hydrogen-bond acceptors (Lipinski definition) is 2. The Bertz CT molecular complexity index is 3770. The summed E-state index contributed by atoms with van der Waals surface area (Å²) in [7, 11) is 0. The van der Waals surface area contributed by atoms with Crippen LogP contribution < -0.4 is 4.90 Å². The van der Waals surface area contributed by atoms with E-state index in [4.69, 9.17) is 4.42 Å². The highest BCUT2D eigenvalue weighted by molar-refractivity contribution is 6.06. The summed E-state index contributed by atoms with van der Waals surface area (Å²) in [6.07, 6.45) is 5.37. The lowest BCUT2D eigenvalue weighted by atomic mass is 9.66. The van der Waals surface area contributed by atoms with Crippen LogP contribution in [0.25, 0.3) is 88.7 Å². The fourth-order valence-corrected chi connectivity index (χ4v) is 13.0. The lowest BCUT2D eigenvalue weighted by Gasteiger charge is -2.36. The quantitative estimate of drug-likeness (QED) is 0.151. The first-order chi connectivity index (χ1) is 34.2. The molecule has 0 saturated heterocycles. The maximum absolute atomic E-state index is 6.40. The number of benzene rings is 10. The van der Waals surface area contributed by atoms with Gasteiger partial charge < -0.3 is 9.32 Å². The SMILES string of the molecule is c1ccc(-c2ccccc2-c2ccccc2-c2ccccc2N(c2ccc(-c3ccc4c(c3)C3(CC5CCC3C5)c3ccccc3-4)cc2)c2cccc(-c3ccc4c(c3)oc3ccccc34)c2)cc1. The Hall–Kier alpha value is -8.20. The highest BCUT2D eigenvalue weighted by atomic mass is 16.3. The van der Waals surface area contributed by atoms with Crippen molar-refractivity contribution in [1.29, 1.82) is 0 Å². The molecule has 328 valence electrons. The van der Waals surface area contributed by atoms with Gasteiger partial charge in [0.15, 0.2) is 0 Å². The van der Waals surface area contributed by atoms with Crippen molar-refractivity contribution in [3.05, 3.63) is 248 Å². The van der Waals surface area contributed by atoms with E-state index in [9.17, 15) is 0 Å². The molecule has 2 heteroatoms. The molecule has 0 radical (unpaired) electrons. The van der Waals surface area contributed by atoms with E-state index >= 15 is 0 Å². The summed E-state index contributed by atoms with van der Waals surface area (Å²) in [5.41, 5.74) is 23.1. The zero-order valence-electron chi connectivity index (χ0n) is 38.4. The predicted molar refractivity (Wildman–Crippen MR) is 287 cm³/mol. The number of rotatable bonds is 8. The zero-order chi connectivity index (χ0) is 45.5. The lowest BCUT2D eigenvalue weighted by molar-refractivity contribution is 0.327. The van der Waals surface area contributed by atoms with Crippen molar-refractivity contribution in [1.82, 2.24) is 0 Å². The molecule has 2 nitrogen and oxygen atoms in total. The van der Waals surface area contributed by atoms with E-state index in [1.54, 1.807) is 11.1 Å². The van der Waals surface area contributed by atoms with Gasteiger partial charge in [-0.15, -0.1) is 0 Å². The summed E-state index contributed by atoms with van der Waals surface area (Å²) in [6, 6.07) is 87.2. The minimum Gasteiger partial charge on any atom is -0.456 e. The van der Waals surface area contributed by atoms with Crippen LogP contribution in [0.2, 0.25) is 0 Å². The van der Waals surface area contributed by atoms with Gasteiger partial charge in [0.25, 0.3) is 0 Å². The molecule has 0 N–H and O–H groups in total. The van der Waals surface area contributed by atoms with Gasteiger partial charge in [-0.05, 0) is 158 Å². The van der Waals surface area contributed by atoms with Crippen molar-refractivity contribution in [2.75, 3.05) is 4.90 Å². The van der Waals surface area contributed by atoms with Gasteiger partial charge >= 0.3 is 0 Å². The Labute approximate surface area is 403 Å². The van der Waals surface area contributed by atoms with Crippen molar-refractivity contribution >= 4 is 39.0 Å². The van der Waals surface area contributed by atoms with Gasteiger partial charge in [0.05, 0.1) is 5.69 Å². The Kier molecular flexibility index (Phi) is 9.24. The smallest absolute Gasteiger partial charge is 0.136 e. The Morgan fingerprint density at radius 3 is 1.75 bits per heavy atom. The Morgan fingerprint density at radius 2 is 0.957 bits per heavy atom. The molecule has 3 unspecified atom stereocenters. The predicted octanol–water partition coefficient (Wildman–Crippen LogP) is 18.5. The molecular formula is C67H49NO. The Morgan fingerprint density at radius 1 is 0.362 bits per heavy atom. The summed E-state index contributed by atoms with van der Waals surface area (Å²) < 4.78 is 6.40. The van der Waals surface area contributed by atoms with Crippen molar-refractivity contribution < 1.29 is 4.42 Å². The molecule has 3 atom stereocenters. The molecule has 2 saturated carbocycles. The van der Waals surface area contributed by atoms with Crippen LogP contribution >= 0.6 is 0 Å². The minimum atomic E-state index is 0.142. The van der Waals surface area contributed by atoms with Gasteiger partial charge in [-0.25, -0.2) is 0 Å². The first-order valence-electron chi connectivity index (χ1n) is 24.7. The van der Waals surface area contributed by atoms with Gasteiger partial charge in [0, 0.05) is 33.1 Å². The van der Waals surface area contributed by atoms with E-state index < -0.39 is 0 Å². The highest BCUT2D eigenvalue weighted by Gasteiger charge is 2.56. The molecule has 0 aliphatic heterocycles. The molecule has 69 heavy (non-hydrogen) atoms. The van der Waals surface area contributed by atoms with E-state index in [1.165, 1.54) is 75.8 Å². The molecule has 11 aromatic rings. The minimum absolute atomic E-state index is 0.142. The second kappa shape index (κ2) is 16.0. The van der Waals surface area contributed by atoms with Gasteiger partial charge in [-0.3, -0.25) is 0 Å². The van der Waals surface area contributed by atoms with Crippen LogP contribution in [-0.2, 0) is 5.41 Å². The van der Waals surface area contributed by atoms with E-state index in [-0.39, 0.29) is 5.41 Å². The van der Waals surface area contributed by atoms with Crippen LogP contribution in [-0.4, -0.2) is 0 Å². The number of para-hydroxylation sites is 2. The molecule has 10 aromatic carbocycles. The molecule has 2 bridgehead atoms. The molecule has 3 aliphatic rings. The summed E-state index contributed by atoms with van der Waals surface area (Å²) in [6.45, 7) is 0. The molecule has 1 aromatic heterocycles. The van der Waals surface area contributed by atoms with Crippen LogP contribution in [0.5, 0.6) is 0 Å². The first-order valence-corrected chi connectivity index (χ1v) is 24.7. The van der Waals surface area contributed by atoms with Gasteiger partial charge in [-0.1, -0.05) is 188 Å². The third kappa shape index (κ3) is 6.39. The second-order valence-corrected chi connectivity index (χ2v) is 19.6. The standard InChI is InChI=1S/C67H49NO/c1-2-15-46(16-3-1)53-19-4-5-20-54(53)55-21-6-7-22-56(55)59-24-9-12-27-64(59)68(52-18-14-17-47(40-52)49-33-38-61-60-25-10-13-28-65(60)69-66(61)42-49)51-35-30-45(31-36-51)48-32-37-58-57-23-8-11-26-62(57)67(63(58)41-48)43-44-29-34-50(67)39-44/h1-28,30-33,35-38,40-42,44,50H,29,34,39,43H2. The number of fused-ring (bicyclic) bond motifs is 11. The molecule has 3 aliphatic carbocycles. The van der Waals surface area contributed by atoms with Crippen LogP contribution in [0.3, 0.4) is 0 Å². The van der Waals surface area contributed by atoms with Crippen molar-refractivity contribution in [3.63, 3.8) is 0 Å². The van der Waals surface area contributed by atoms with Crippen LogP contribution in [0.1, 0.15) is 36.8 Å². The van der Waals surface area contributed by atoms with E-state index in [0.29, 0.717) is 0 Å². The van der Waals surface area contributed by atoms with Crippen LogP contribution in [0.15, 0.2) is 241 Å². The van der Waals surface area contributed by atoms with Gasteiger partial charge in [0.1, 0.15) is 11.2 Å². The second-order valence-electron chi connectivity index (χ2n) is 19.6. The van der Waals surface area contributed by atoms with E-state index in [1.807, 2.05) is 12.1 Å². The summed E-state index contributed by atoms with van der Waals surface area (Å²) >= 11 is 0. The third-order valence-corrected chi connectivity index (χ3v) is 16.0. The third-order valence-electron chi connectivity index (χ3n) is 16.0. The molecular weight excluding hydrogens is 835 g/mol. The average Bonchev–Trinajstić information content (AvgIpc) is 4.21. The van der Waals surface area contributed by atoms with Crippen molar-refractivity contribution in [3.8, 4) is 66.8 Å². The van der Waals surface area contributed by atoms with E-state index in [2.05, 4.69) is 229 Å². The molecule has 2 fully saturated rings. The number of anilines is 3. The highest BCUT2D eigenvalue weighted by Crippen LogP contribution is 2.66. The normalized spacial score (nSPS) is 17.7. The molecule has 0 amide bonds. The monoisotopic (exact) mass is 883 g/mol. The maximum Gasteiger partial charge on any atom is 0.136 e. The van der Waals surface area contributed by atoms with Gasteiger partial charge in [0.2, 0.25) is 0 Å². The van der Waals surface area contributed by atoms with Crippen molar-refractivity contribution in [2.45, 2.75) is 31.1 Å². The maximum atomic E-state index is 6.40. The lowest BCUT2D eigenvalue weighted by Crippen LogP contribution is -2.31. The Balaban J connectivity index is 0.908. The fourth-order valence-electron chi connectivity index (χ4n) is 13.0. The summed E-state index contributed by atoms with van der Waals surface area (Å²) in [5, 5.41) is 2.27. The number of furan rings is 1. The molecule has 1 heterocycles. The fraction of sp³-hybridized carbons (Fsp3) is 0.104. The van der Waals surface area contributed by atoms with Gasteiger partial charge in [-0.2, -0.15) is 0 Å². The average molecular weight is 884 g/mol. The number of hydrogen-bond donors (Lipinski definition) is 0. The molecule has 14 rings (SSSR count). The van der Waals surface area contributed by atoms with Crippen LogP contribution in [0.4, 0.5) is 17.1 Å². The molecule has 1 spiro atoms. The summed E-state index contributed by atoms with van der Waals surface area (Å²) in [4.78, 5) is 2.45. The summed E-state index contributed by atoms with van der Waals surface area (Å²) in [5.74, 6) is 1.56. The largest absolute Gasteiger partial charge is 0.456 e. The first kappa shape index (κ1) is 39.9. The number of nitrogens with zero attached hydrogens (tertiary/aromatic N) is 1. The van der Waals surface area contributed by atoms with E-state index in [0.717, 1.165) is 67.5 Å².